The summed E-state index contributed by atoms with van der Waals surface area (Å²) in [4.78, 5) is 23.0. The highest BCUT2D eigenvalue weighted by molar-refractivity contribution is 5.94. The minimum atomic E-state index is -1.05. The van der Waals surface area contributed by atoms with Crippen molar-refractivity contribution >= 4 is 22.8 Å². The lowest BCUT2D eigenvalue weighted by Crippen LogP contribution is -2.27. The number of nitrogens with zero attached hydrogens (tertiary/aromatic N) is 5. The van der Waals surface area contributed by atoms with Gasteiger partial charge in [0, 0.05) is 25.2 Å². The van der Waals surface area contributed by atoms with Crippen LogP contribution in [0.2, 0.25) is 0 Å². The molecule has 1 aromatic carbocycles. The summed E-state index contributed by atoms with van der Waals surface area (Å²) in [7, 11) is 0. The Morgan fingerprint density at radius 1 is 1.15 bits per heavy atom. The molecule has 0 unspecified atom stereocenters. The molecule has 27 heavy (non-hydrogen) atoms. The van der Waals surface area contributed by atoms with Crippen LogP contribution < -0.4 is 10.2 Å². The van der Waals surface area contributed by atoms with Crippen LogP contribution in [0.25, 0.3) is 11.0 Å². The molecule has 0 spiro atoms. The van der Waals surface area contributed by atoms with Gasteiger partial charge in [-0.1, -0.05) is 0 Å². The number of halogens is 2. The zero-order chi connectivity index (χ0) is 18.8. The second kappa shape index (κ2) is 7.26. The van der Waals surface area contributed by atoms with Crippen LogP contribution in [-0.2, 0) is 6.54 Å². The van der Waals surface area contributed by atoms with Crippen molar-refractivity contribution < 1.29 is 13.6 Å². The Balaban J connectivity index is 1.44. The van der Waals surface area contributed by atoms with Gasteiger partial charge in [0.25, 0.3) is 5.91 Å². The van der Waals surface area contributed by atoms with Gasteiger partial charge in [-0.05, 0) is 31.0 Å². The molecule has 3 heterocycles. The van der Waals surface area contributed by atoms with Crippen LogP contribution in [0, 0.1) is 11.6 Å². The highest BCUT2D eigenvalue weighted by Crippen LogP contribution is 2.25. The molecule has 0 saturated carbocycles. The number of hydrogen-bond acceptors (Lipinski definition) is 5. The number of anilines is 1. The van der Waals surface area contributed by atoms with E-state index in [1.54, 1.807) is 10.9 Å². The van der Waals surface area contributed by atoms with Gasteiger partial charge in [0.1, 0.15) is 12.1 Å². The van der Waals surface area contributed by atoms with E-state index in [0.717, 1.165) is 49.3 Å². The molecule has 1 fully saturated rings. The van der Waals surface area contributed by atoms with Crippen molar-refractivity contribution in [1.29, 1.82) is 0 Å². The molecule has 0 radical (unpaired) electrons. The van der Waals surface area contributed by atoms with Gasteiger partial charge < -0.3 is 10.2 Å². The third kappa shape index (κ3) is 3.44. The SMILES string of the molecule is O=C(NCCn1ncc2c(N3CCCC3)ncnc21)c1ccc(F)c(F)c1. The van der Waals surface area contributed by atoms with E-state index in [4.69, 9.17) is 0 Å². The van der Waals surface area contributed by atoms with E-state index in [1.807, 2.05) is 0 Å². The van der Waals surface area contributed by atoms with E-state index in [-0.39, 0.29) is 12.1 Å². The number of nitrogens with one attached hydrogen (secondary N) is 1. The molecule has 1 aliphatic rings. The molecule has 3 aromatic rings. The van der Waals surface area contributed by atoms with Gasteiger partial charge >= 0.3 is 0 Å². The van der Waals surface area contributed by atoms with Gasteiger partial charge in [-0.2, -0.15) is 5.10 Å². The Bertz CT molecular complexity index is 983. The quantitative estimate of drug-likeness (QED) is 0.743. The molecule has 0 bridgehead atoms. The Labute approximate surface area is 154 Å². The first-order valence-electron chi connectivity index (χ1n) is 8.78. The topological polar surface area (TPSA) is 75.9 Å². The highest BCUT2D eigenvalue weighted by Gasteiger charge is 2.18. The van der Waals surface area contributed by atoms with Crippen LogP contribution >= 0.6 is 0 Å². The number of fused-ring (bicyclic) bond motifs is 1. The molecule has 1 saturated heterocycles. The fourth-order valence-corrected chi connectivity index (χ4v) is 3.24. The minimum Gasteiger partial charge on any atom is -0.356 e. The van der Waals surface area contributed by atoms with E-state index in [9.17, 15) is 13.6 Å². The predicted molar refractivity (Wildman–Crippen MR) is 95.5 cm³/mol. The van der Waals surface area contributed by atoms with Crippen molar-refractivity contribution in [2.45, 2.75) is 19.4 Å². The number of amides is 1. The Hall–Kier alpha value is -3.10. The van der Waals surface area contributed by atoms with Crippen LogP contribution in [0.4, 0.5) is 14.6 Å². The van der Waals surface area contributed by atoms with Gasteiger partial charge in [0.05, 0.1) is 18.1 Å². The minimum absolute atomic E-state index is 0.0675. The maximum Gasteiger partial charge on any atom is 0.251 e. The lowest BCUT2D eigenvalue weighted by molar-refractivity contribution is 0.0951. The first-order chi connectivity index (χ1) is 13.1. The van der Waals surface area contributed by atoms with Crippen LogP contribution in [0.1, 0.15) is 23.2 Å². The lowest BCUT2D eigenvalue weighted by atomic mass is 10.2. The zero-order valence-electron chi connectivity index (χ0n) is 14.5. The van der Waals surface area contributed by atoms with E-state index in [1.165, 1.54) is 12.4 Å². The Kier molecular flexibility index (Phi) is 4.66. The lowest BCUT2D eigenvalue weighted by Gasteiger charge is -2.16. The van der Waals surface area contributed by atoms with Crippen molar-refractivity contribution in [3.8, 4) is 0 Å². The van der Waals surface area contributed by atoms with Gasteiger partial charge in [0.15, 0.2) is 17.3 Å². The number of rotatable bonds is 5. The van der Waals surface area contributed by atoms with Crippen LogP contribution in [-0.4, -0.2) is 45.3 Å². The molecular formula is C18H18F2N6O. The molecule has 1 amide bonds. The average molecular weight is 372 g/mol. The largest absolute Gasteiger partial charge is 0.356 e. The summed E-state index contributed by atoms with van der Waals surface area (Å²) in [5.41, 5.74) is 0.770. The summed E-state index contributed by atoms with van der Waals surface area (Å²) in [5, 5.41) is 7.91. The van der Waals surface area contributed by atoms with E-state index < -0.39 is 17.5 Å². The first-order valence-corrected chi connectivity index (χ1v) is 8.78. The smallest absolute Gasteiger partial charge is 0.251 e. The highest BCUT2D eigenvalue weighted by atomic mass is 19.2. The van der Waals surface area contributed by atoms with Crippen molar-refractivity contribution in [3.05, 3.63) is 47.9 Å². The summed E-state index contributed by atoms with van der Waals surface area (Å²) in [5.74, 6) is -1.62. The predicted octanol–water partition coefficient (Wildman–Crippen LogP) is 2.13. The first kappa shape index (κ1) is 17.3. The summed E-state index contributed by atoms with van der Waals surface area (Å²) in [6, 6.07) is 3.05. The van der Waals surface area contributed by atoms with Gasteiger partial charge in [-0.15, -0.1) is 0 Å². The van der Waals surface area contributed by atoms with E-state index in [2.05, 4.69) is 25.3 Å². The molecule has 0 aliphatic carbocycles. The monoisotopic (exact) mass is 372 g/mol. The molecule has 1 N–H and O–H groups in total. The molecule has 1 aliphatic heterocycles. The second-order valence-electron chi connectivity index (χ2n) is 6.38. The van der Waals surface area contributed by atoms with Crippen LogP contribution in [0.3, 0.4) is 0 Å². The molecule has 9 heteroatoms. The van der Waals surface area contributed by atoms with Gasteiger partial charge in [-0.25, -0.2) is 23.4 Å². The summed E-state index contributed by atoms with van der Waals surface area (Å²) in [6.45, 7) is 2.62. The van der Waals surface area contributed by atoms with Gasteiger partial charge in [0.2, 0.25) is 0 Å². The maximum absolute atomic E-state index is 13.2. The zero-order valence-corrected chi connectivity index (χ0v) is 14.5. The van der Waals surface area contributed by atoms with Crippen molar-refractivity contribution in [2.75, 3.05) is 24.5 Å². The number of carbonyl (C=O) groups is 1. The van der Waals surface area contributed by atoms with Gasteiger partial charge in [-0.3, -0.25) is 4.79 Å². The van der Waals surface area contributed by atoms with Crippen LogP contribution in [0.15, 0.2) is 30.7 Å². The molecule has 0 atom stereocenters. The molecule has 7 nitrogen and oxygen atoms in total. The summed E-state index contributed by atoms with van der Waals surface area (Å²) < 4.78 is 27.9. The number of benzene rings is 1. The summed E-state index contributed by atoms with van der Waals surface area (Å²) >= 11 is 0. The fraction of sp³-hybridized carbons (Fsp3) is 0.333. The maximum atomic E-state index is 13.2. The number of aromatic nitrogens is 4. The Morgan fingerprint density at radius 2 is 1.96 bits per heavy atom. The number of carbonyl (C=O) groups excluding carboxylic acids is 1. The normalized spacial score (nSPS) is 14.1. The second-order valence-corrected chi connectivity index (χ2v) is 6.38. The molecular weight excluding hydrogens is 354 g/mol. The third-order valence-electron chi connectivity index (χ3n) is 4.61. The van der Waals surface area contributed by atoms with Crippen molar-refractivity contribution in [3.63, 3.8) is 0 Å². The average Bonchev–Trinajstić information content (AvgIpc) is 3.34. The summed E-state index contributed by atoms with van der Waals surface area (Å²) in [6.07, 6.45) is 5.56. The van der Waals surface area contributed by atoms with E-state index in [0.29, 0.717) is 12.2 Å². The van der Waals surface area contributed by atoms with E-state index >= 15 is 0 Å². The number of hydrogen-bond donors (Lipinski definition) is 1. The molecule has 2 aromatic heterocycles. The standard InChI is InChI=1S/C18H18F2N6O/c19-14-4-3-12(9-15(14)20)18(27)21-5-8-26-17-13(10-24-26)16(22-11-23-17)25-6-1-2-7-25/h3-4,9-11H,1-2,5-8H2,(H,21,27). The molecule has 140 valence electrons. The van der Waals surface area contributed by atoms with Crippen LogP contribution in [0.5, 0.6) is 0 Å². The van der Waals surface area contributed by atoms with Crippen molar-refractivity contribution in [1.82, 2.24) is 25.1 Å². The molecule has 4 rings (SSSR count). The van der Waals surface area contributed by atoms with Crippen molar-refractivity contribution in [2.24, 2.45) is 0 Å². The third-order valence-corrected chi connectivity index (χ3v) is 4.61. The Morgan fingerprint density at radius 3 is 2.74 bits per heavy atom. The fourth-order valence-electron chi connectivity index (χ4n) is 3.24.